The molecule has 2 amide bonds. The van der Waals surface area contributed by atoms with Crippen molar-refractivity contribution in [2.75, 3.05) is 6.54 Å². The maximum atomic E-state index is 11.8. The van der Waals surface area contributed by atoms with Crippen LogP contribution < -0.4 is 10.6 Å². The summed E-state index contributed by atoms with van der Waals surface area (Å²) < 4.78 is 0. The van der Waals surface area contributed by atoms with Crippen molar-refractivity contribution in [2.24, 2.45) is 0 Å². The Labute approximate surface area is 138 Å². The Bertz CT molecular complexity index is 682. The van der Waals surface area contributed by atoms with Crippen molar-refractivity contribution in [2.45, 2.75) is 26.3 Å². The molecule has 122 valence electrons. The molecule has 1 aromatic heterocycles. The number of carboxylic acid groups (broad SMARTS) is 1. The van der Waals surface area contributed by atoms with Gasteiger partial charge in [0, 0.05) is 30.1 Å². The lowest BCUT2D eigenvalue weighted by atomic mass is 10.1. The fourth-order valence-corrected chi connectivity index (χ4v) is 2.77. The van der Waals surface area contributed by atoms with Crippen LogP contribution in [0.15, 0.2) is 30.5 Å². The zero-order valence-corrected chi connectivity index (χ0v) is 13.8. The highest BCUT2D eigenvalue weighted by Gasteiger charge is 2.11. The molecule has 0 aliphatic rings. The van der Waals surface area contributed by atoms with E-state index in [1.807, 2.05) is 20.0 Å². The van der Waals surface area contributed by atoms with Gasteiger partial charge in [0.2, 0.25) is 0 Å². The van der Waals surface area contributed by atoms with Gasteiger partial charge < -0.3 is 15.7 Å². The number of rotatable bonds is 6. The molecule has 0 spiro atoms. The van der Waals surface area contributed by atoms with E-state index < -0.39 is 5.97 Å². The van der Waals surface area contributed by atoms with Crippen LogP contribution in [0.5, 0.6) is 0 Å². The van der Waals surface area contributed by atoms with E-state index in [0.717, 1.165) is 15.4 Å². The molecule has 0 saturated carbocycles. The van der Waals surface area contributed by atoms with Crippen molar-refractivity contribution < 1.29 is 14.7 Å². The Morgan fingerprint density at radius 2 is 1.96 bits per heavy atom. The van der Waals surface area contributed by atoms with Gasteiger partial charge >= 0.3 is 12.0 Å². The summed E-state index contributed by atoms with van der Waals surface area (Å²) in [6.45, 7) is 4.88. The van der Waals surface area contributed by atoms with E-state index in [-0.39, 0.29) is 17.5 Å². The number of aryl methyl sites for hydroxylation is 1. The summed E-state index contributed by atoms with van der Waals surface area (Å²) in [5.74, 6) is -0.803. The van der Waals surface area contributed by atoms with Gasteiger partial charge in [-0.15, -0.1) is 11.3 Å². The van der Waals surface area contributed by atoms with E-state index in [9.17, 15) is 9.59 Å². The van der Waals surface area contributed by atoms with E-state index in [1.165, 1.54) is 12.1 Å². The van der Waals surface area contributed by atoms with Crippen LogP contribution in [0.1, 0.15) is 38.6 Å². The Balaban J connectivity index is 1.75. The third kappa shape index (κ3) is 5.07. The molecule has 0 radical (unpaired) electrons. The minimum absolute atomic E-state index is 0.161. The lowest BCUT2D eigenvalue weighted by Crippen LogP contribution is -2.37. The third-order valence-corrected chi connectivity index (χ3v) is 4.43. The first-order valence-corrected chi connectivity index (χ1v) is 8.03. The normalized spacial score (nSPS) is 11.7. The Hall–Kier alpha value is -2.41. The number of aromatic carboxylic acids is 1. The molecule has 0 bridgehead atoms. The van der Waals surface area contributed by atoms with Gasteiger partial charge in [-0.3, -0.25) is 0 Å². The maximum absolute atomic E-state index is 11.8. The number of nitrogens with zero attached hydrogens (tertiary/aromatic N) is 1. The zero-order chi connectivity index (χ0) is 16.8. The molecular formula is C16H19N3O3S. The molecule has 2 aromatic rings. The van der Waals surface area contributed by atoms with Crippen LogP contribution in [0.3, 0.4) is 0 Å². The van der Waals surface area contributed by atoms with E-state index >= 15 is 0 Å². The number of thiazole rings is 1. The monoisotopic (exact) mass is 333 g/mol. The fraction of sp³-hybridized carbons (Fsp3) is 0.312. The quantitative estimate of drug-likeness (QED) is 0.758. The largest absolute Gasteiger partial charge is 0.478 e. The number of hydrogen-bond acceptors (Lipinski definition) is 4. The lowest BCUT2D eigenvalue weighted by Gasteiger charge is -2.11. The number of hydrogen-bond donors (Lipinski definition) is 3. The number of carboxylic acids is 1. The van der Waals surface area contributed by atoms with Gasteiger partial charge in [0.1, 0.15) is 0 Å². The van der Waals surface area contributed by atoms with Crippen LogP contribution in [-0.4, -0.2) is 28.6 Å². The zero-order valence-electron chi connectivity index (χ0n) is 13.0. The summed E-state index contributed by atoms with van der Waals surface area (Å²) in [5.41, 5.74) is 1.07. The summed E-state index contributed by atoms with van der Waals surface area (Å²) >= 11 is 1.63. The van der Waals surface area contributed by atoms with Gasteiger partial charge in [0.05, 0.1) is 10.6 Å². The molecule has 0 aliphatic heterocycles. The molecular weight excluding hydrogens is 314 g/mol. The molecule has 6 nitrogen and oxygen atoms in total. The maximum Gasteiger partial charge on any atom is 0.335 e. The first-order valence-electron chi connectivity index (χ1n) is 7.22. The van der Waals surface area contributed by atoms with Crippen LogP contribution in [0.4, 0.5) is 4.79 Å². The lowest BCUT2D eigenvalue weighted by molar-refractivity contribution is 0.0697. The van der Waals surface area contributed by atoms with E-state index in [2.05, 4.69) is 15.6 Å². The van der Waals surface area contributed by atoms with Crippen LogP contribution in [0.2, 0.25) is 0 Å². The third-order valence-electron chi connectivity index (χ3n) is 3.28. The van der Waals surface area contributed by atoms with Crippen molar-refractivity contribution in [1.82, 2.24) is 15.6 Å². The molecule has 1 unspecified atom stereocenters. The molecule has 0 fully saturated rings. The van der Waals surface area contributed by atoms with Crippen LogP contribution >= 0.6 is 11.3 Å². The number of benzene rings is 1. The van der Waals surface area contributed by atoms with Gasteiger partial charge in [-0.1, -0.05) is 19.1 Å². The summed E-state index contributed by atoms with van der Waals surface area (Å²) in [6, 6.07) is 6.15. The molecule has 23 heavy (non-hydrogen) atoms. The van der Waals surface area contributed by atoms with Gasteiger partial charge in [0.25, 0.3) is 0 Å². The second-order valence-electron chi connectivity index (χ2n) is 5.28. The Morgan fingerprint density at radius 3 is 2.52 bits per heavy atom. The summed E-state index contributed by atoms with van der Waals surface area (Å²) in [4.78, 5) is 28.0. The number of urea groups is 1. The van der Waals surface area contributed by atoms with Crippen LogP contribution in [0, 0.1) is 6.92 Å². The van der Waals surface area contributed by atoms with Crippen molar-refractivity contribution in [3.63, 3.8) is 0 Å². The Morgan fingerprint density at radius 1 is 1.26 bits per heavy atom. The fourth-order valence-electron chi connectivity index (χ4n) is 1.94. The molecule has 0 aliphatic carbocycles. The van der Waals surface area contributed by atoms with Gasteiger partial charge in [-0.05, 0) is 24.6 Å². The molecule has 1 aromatic carbocycles. The first-order chi connectivity index (χ1) is 11.0. The predicted octanol–water partition coefficient (Wildman–Crippen LogP) is 2.75. The summed E-state index contributed by atoms with van der Waals surface area (Å²) in [6.07, 6.45) is 1.83. The number of nitrogens with one attached hydrogen (secondary N) is 2. The highest BCUT2D eigenvalue weighted by atomic mass is 32.1. The highest BCUT2D eigenvalue weighted by molar-refractivity contribution is 7.11. The van der Waals surface area contributed by atoms with Crippen LogP contribution in [-0.2, 0) is 6.54 Å². The van der Waals surface area contributed by atoms with Gasteiger partial charge in [-0.25, -0.2) is 14.6 Å². The standard InChI is InChI=1S/C16H19N3O3S/c1-10(14-17-8-11(2)23-14)7-18-16(22)19-9-12-3-5-13(6-4-12)15(20)21/h3-6,8,10H,7,9H2,1-2H3,(H,20,21)(H2,18,19,22). The number of carbonyl (C=O) groups excluding carboxylic acids is 1. The van der Waals surface area contributed by atoms with Crippen molar-refractivity contribution in [3.05, 3.63) is 51.5 Å². The van der Waals surface area contributed by atoms with E-state index in [1.54, 1.807) is 23.5 Å². The summed E-state index contributed by atoms with van der Waals surface area (Å²) in [5, 5.41) is 15.4. The second kappa shape index (κ2) is 7.73. The first kappa shape index (κ1) is 17.0. The molecule has 3 N–H and O–H groups in total. The van der Waals surface area contributed by atoms with Gasteiger partial charge in [0.15, 0.2) is 0 Å². The Kier molecular flexibility index (Phi) is 5.70. The second-order valence-corrected chi connectivity index (χ2v) is 6.54. The minimum Gasteiger partial charge on any atom is -0.478 e. The summed E-state index contributed by atoms with van der Waals surface area (Å²) in [7, 11) is 0. The smallest absolute Gasteiger partial charge is 0.335 e. The average molecular weight is 333 g/mol. The van der Waals surface area contributed by atoms with Crippen molar-refractivity contribution >= 4 is 23.3 Å². The predicted molar refractivity (Wildman–Crippen MR) is 88.9 cm³/mol. The number of amides is 2. The number of carbonyl (C=O) groups is 2. The molecule has 2 rings (SSSR count). The SMILES string of the molecule is Cc1cnc(C(C)CNC(=O)NCc2ccc(C(=O)O)cc2)s1. The van der Waals surface area contributed by atoms with E-state index in [0.29, 0.717) is 13.1 Å². The topological polar surface area (TPSA) is 91.3 Å². The average Bonchev–Trinajstić information content (AvgIpc) is 2.97. The molecule has 1 heterocycles. The van der Waals surface area contributed by atoms with E-state index in [4.69, 9.17) is 5.11 Å². The van der Waals surface area contributed by atoms with Crippen molar-refractivity contribution in [1.29, 1.82) is 0 Å². The van der Waals surface area contributed by atoms with Gasteiger partial charge in [-0.2, -0.15) is 0 Å². The molecule has 0 saturated heterocycles. The number of aromatic nitrogens is 1. The van der Waals surface area contributed by atoms with Crippen molar-refractivity contribution in [3.8, 4) is 0 Å². The van der Waals surface area contributed by atoms with Crippen LogP contribution in [0.25, 0.3) is 0 Å². The molecule has 1 atom stereocenters. The molecule has 7 heteroatoms. The highest BCUT2D eigenvalue weighted by Crippen LogP contribution is 2.20. The minimum atomic E-state index is -0.964.